The number of rotatable bonds is 10. The highest BCUT2D eigenvalue weighted by Crippen LogP contribution is 2.43. The van der Waals surface area contributed by atoms with Crippen molar-refractivity contribution in [2.24, 2.45) is 29.6 Å². The Balaban J connectivity index is 1.78. The summed E-state index contributed by atoms with van der Waals surface area (Å²) in [6.45, 7) is 4.60. The molecule has 2 fully saturated rings. The third-order valence-electron chi connectivity index (χ3n) is 8.43. The maximum atomic E-state index is 13.2. The van der Waals surface area contributed by atoms with Crippen molar-refractivity contribution in [3.05, 3.63) is 23.5 Å². The second-order valence-electron chi connectivity index (χ2n) is 10.7. The number of hydrogen-bond acceptors (Lipinski definition) is 13. The standard InChI is InChI=1S/C27H42O13/c1-5-14-16(7-21(31)38-19-6-15(12(2)8-28)17(9-29)13(19)3)18(25(35)36-4)11-37-26(14)40-27-24(34)23(33)22(32)20(10-30)39-27/h5,11-13,15-17,19-20,22-24,26-30,32-34H,6-10H2,1-4H3/b14-5-/t12?,13-,15+,16+,17-,19+,20-,22-,23+,24-,26+,27+/m1/s1. The number of carbonyl (C=O) groups is 2. The van der Waals surface area contributed by atoms with Crippen LogP contribution in [0.4, 0.5) is 0 Å². The normalized spacial score (nSPS) is 39.8. The Hall–Kier alpha value is -2.10. The summed E-state index contributed by atoms with van der Waals surface area (Å²) >= 11 is 0. The summed E-state index contributed by atoms with van der Waals surface area (Å²) in [6, 6.07) is 0. The average Bonchev–Trinajstić information content (AvgIpc) is 3.26. The minimum Gasteiger partial charge on any atom is -0.468 e. The number of methoxy groups -OCH3 is 1. The number of carbonyl (C=O) groups excluding carboxylic acids is 2. The average molecular weight is 575 g/mol. The third-order valence-corrected chi connectivity index (χ3v) is 8.43. The molecule has 2 aliphatic heterocycles. The van der Waals surface area contributed by atoms with Crippen molar-refractivity contribution in [3.8, 4) is 0 Å². The van der Waals surface area contributed by atoms with Crippen LogP contribution in [0.3, 0.4) is 0 Å². The van der Waals surface area contributed by atoms with Crippen molar-refractivity contribution in [3.63, 3.8) is 0 Å². The number of hydrogen-bond donors (Lipinski definition) is 6. The molecule has 0 aromatic heterocycles. The topological polar surface area (TPSA) is 202 Å². The van der Waals surface area contributed by atoms with E-state index in [1.165, 1.54) is 7.11 Å². The van der Waals surface area contributed by atoms with Crippen LogP contribution >= 0.6 is 0 Å². The monoisotopic (exact) mass is 574 g/mol. The van der Waals surface area contributed by atoms with Gasteiger partial charge in [0.15, 0.2) is 6.29 Å². The van der Waals surface area contributed by atoms with Gasteiger partial charge >= 0.3 is 11.9 Å². The highest BCUT2D eigenvalue weighted by atomic mass is 16.8. The van der Waals surface area contributed by atoms with E-state index in [-0.39, 0.29) is 48.9 Å². The Morgan fingerprint density at radius 2 is 1.82 bits per heavy atom. The van der Waals surface area contributed by atoms with Gasteiger partial charge in [-0.2, -0.15) is 0 Å². The van der Waals surface area contributed by atoms with E-state index in [9.17, 15) is 40.2 Å². The first kappa shape index (κ1) is 32.4. The lowest BCUT2D eigenvalue weighted by Crippen LogP contribution is -2.60. The van der Waals surface area contributed by atoms with Gasteiger partial charge in [0.1, 0.15) is 30.5 Å². The first-order chi connectivity index (χ1) is 19.0. The van der Waals surface area contributed by atoms with E-state index in [0.717, 1.165) is 6.26 Å². The fraction of sp³-hybridized carbons (Fsp3) is 0.778. The smallest absolute Gasteiger partial charge is 0.337 e. The molecule has 0 amide bonds. The van der Waals surface area contributed by atoms with Gasteiger partial charge in [0.2, 0.25) is 6.29 Å². The van der Waals surface area contributed by atoms with E-state index in [2.05, 4.69) is 0 Å². The van der Waals surface area contributed by atoms with Gasteiger partial charge in [-0.25, -0.2) is 4.79 Å². The van der Waals surface area contributed by atoms with Crippen LogP contribution < -0.4 is 0 Å². The molecule has 3 aliphatic rings. The van der Waals surface area contributed by atoms with E-state index in [1.54, 1.807) is 13.0 Å². The molecule has 6 N–H and O–H groups in total. The minimum atomic E-state index is -1.69. The zero-order valence-electron chi connectivity index (χ0n) is 23.2. The van der Waals surface area contributed by atoms with Crippen LogP contribution in [0.5, 0.6) is 0 Å². The van der Waals surface area contributed by atoms with Crippen LogP contribution in [0.15, 0.2) is 23.5 Å². The van der Waals surface area contributed by atoms with Gasteiger partial charge in [0.05, 0.1) is 32.0 Å². The lowest BCUT2D eigenvalue weighted by atomic mass is 9.83. The van der Waals surface area contributed by atoms with Crippen LogP contribution in [0.2, 0.25) is 0 Å². The highest BCUT2D eigenvalue weighted by molar-refractivity contribution is 5.90. The molecule has 0 bridgehead atoms. The fourth-order valence-electron chi connectivity index (χ4n) is 5.88. The molecule has 0 spiro atoms. The molecule has 13 heteroatoms. The Bertz CT molecular complexity index is 933. The molecule has 1 saturated carbocycles. The molecular weight excluding hydrogens is 532 g/mol. The first-order valence-corrected chi connectivity index (χ1v) is 13.5. The molecule has 12 atom stereocenters. The molecule has 1 saturated heterocycles. The van der Waals surface area contributed by atoms with E-state index in [1.807, 2.05) is 13.8 Å². The van der Waals surface area contributed by atoms with Crippen molar-refractivity contribution in [1.29, 1.82) is 0 Å². The predicted octanol–water partition coefficient (Wildman–Crippen LogP) is -1.03. The van der Waals surface area contributed by atoms with Gasteiger partial charge < -0.3 is 54.3 Å². The van der Waals surface area contributed by atoms with Gasteiger partial charge in [-0.15, -0.1) is 0 Å². The Morgan fingerprint density at radius 1 is 1.12 bits per heavy atom. The van der Waals surface area contributed by atoms with Gasteiger partial charge in [-0.05, 0) is 37.0 Å². The summed E-state index contributed by atoms with van der Waals surface area (Å²) < 4.78 is 27.5. The van der Waals surface area contributed by atoms with Crippen LogP contribution in [0.1, 0.15) is 33.6 Å². The molecule has 3 rings (SSSR count). The fourth-order valence-corrected chi connectivity index (χ4v) is 5.88. The van der Waals surface area contributed by atoms with Crippen molar-refractivity contribution in [2.75, 3.05) is 26.9 Å². The Kier molecular flexibility index (Phi) is 11.5. The molecule has 13 nitrogen and oxygen atoms in total. The van der Waals surface area contributed by atoms with Gasteiger partial charge in [0.25, 0.3) is 0 Å². The molecule has 0 aromatic carbocycles. The summed E-state index contributed by atoms with van der Waals surface area (Å²) in [4.78, 5) is 25.8. The number of ether oxygens (including phenoxy) is 5. The van der Waals surface area contributed by atoms with Gasteiger partial charge in [-0.3, -0.25) is 4.79 Å². The zero-order chi connectivity index (χ0) is 29.7. The molecule has 1 unspecified atom stereocenters. The summed E-state index contributed by atoms with van der Waals surface area (Å²) in [7, 11) is 1.18. The van der Waals surface area contributed by atoms with E-state index in [0.29, 0.717) is 12.0 Å². The van der Waals surface area contributed by atoms with Crippen molar-refractivity contribution in [2.45, 2.75) is 76.7 Å². The maximum absolute atomic E-state index is 13.2. The lowest BCUT2D eigenvalue weighted by molar-refractivity contribution is -0.327. The highest BCUT2D eigenvalue weighted by Gasteiger charge is 2.48. The Labute approximate surface area is 232 Å². The molecule has 0 radical (unpaired) electrons. The minimum absolute atomic E-state index is 0.0284. The van der Waals surface area contributed by atoms with Gasteiger partial charge in [0, 0.05) is 24.7 Å². The molecule has 40 heavy (non-hydrogen) atoms. The number of aliphatic hydroxyl groups is 6. The molecule has 228 valence electrons. The van der Waals surface area contributed by atoms with Crippen molar-refractivity contribution in [1.82, 2.24) is 0 Å². The van der Waals surface area contributed by atoms with E-state index in [4.69, 9.17) is 23.7 Å². The summed E-state index contributed by atoms with van der Waals surface area (Å²) in [5.41, 5.74) is 0.344. The Morgan fingerprint density at radius 3 is 2.40 bits per heavy atom. The third kappa shape index (κ3) is 6.68. The second kappa shape index (κ2) is 14.2. The van der Waals surface area contributed by atoms with Crippen molar-refractivity contribution >= 4 is 11.9 Å². The SMILES string of the molecule is C/C=C1\[C@H](O[C@@H]2O[C@H](CO)[C@@H](O)[C@H](O)[C@H]2O)OC=C(C(=O)OC)[C@H]1CC(=O)O[C@H]1C[C@@H](C(C)CO)[C@H](CO)[C@H]1C. The van der Waals surface area contributed by atoms with Crippen LogP contribution in [-0.2, 0) is 33.3 Å². The summed E-state index contributed by atoms with van der Waals surface area (Å²) in [5, 5.41) is 59.5. The first-order valence-electron chi connectivity index (χ1n) is 13.5. The van der Waals surface area contributed by atoms with Crippen molar-refractivity contribution < 1.29 is 63.9 Å². The number of esters is 2. The van der Waals surface area contributed by atoms with E-state index < -0.39 is 67.6 Å². The van der Waals surface area contributed by atoms with Crippen LogP contribution in [0.25, 0.3) is 0 Å². The van der Waals surface area contributed by atoms with Gasteiger partial charge in [-0.1, -0.05) is 19.9 Å². The molecular formula is C27H42O13. The lowest BCUT2D eigenvalue weighted by Gasteiger charge is -2.42. The van der Waals surface area contributed by atoms with Crippen LogP contribution in [0, 0.1) is 29.6 Å². The molecule has 2 heterocycles. The predicted molar refractivity (Wildman–Crippen MR) is 136 cm³/mol. The summed E-state index contributed by atoms with van der Waals surface area (Å²) in [5.74, 6) is -2.65. The maximum Gasteiger partial charge on any atom is 0.337 e. The molecule has 1 aliphatic carbocycles. The zero-order valence-corrected chi connectivity index (χ0v) is 23.2. The largest absolute Gasteiger partial charge is 0.468 e. The molecule has 0 aromatic rings. The summed E-state index contributed by atoms with van der Waals surface area (Å²) in [6.07, 6.45) is -6.58. The van der Waals surface area contributed by atoms with Crippen LogP contribution in [-0.4, -0.2) is 113 Å². The van der Waals surface area contributed by atoms with E-state index >= 15 is 0 Å². The quantitative estimate of drug-likeness (QED) is 0.137. The number of allylic oxidation sites excluding steroid dienone is 1. The number of aliphatic hydroxyl groups excluding tert-OH is 6. The second-order valence-corrected chi connectivity index (χ2v) is 10.7.